The summed E-state index contributed by atoms with van der Waals surface area (Å²) in [6, 6.07) is 24.8. The molecule has 0 spiro atoms. The van der Waals surface area contributed by atoms with Crippen LogP contribution in [0.15, 0.2) is 77.8 Å². The number of pyridine rings is 1. The number of hydrogen-bond donors (Lipinski definition) is 0. The van der Waals surface area contributed by atoms with Crippen LogP contribution >= 0.6 is 0 Å². The van der Waals surface area contributed by atoms with Crippen molar-refractivity contribution < 1.29 is 4.74 Å². The average molecular weight is 312 g/mol. The number of fused-ring (bicyclic) bond motifs is 3. The van der Waals surface area contributed by atoms with Crippen LogP contribution in [0, 0.1) is 0 Å². The van der Waals surface area contributed by atoms with E-state index in [9.17, 15) is 0 Å². The number of aliphatic imine (C=N–C) groups is 1. The second-order valence-corrected chi connectivity index (χ2v) is 6.21. The molecular weight excluding hydrogens is 296 g/mol. The van der Waals surface area contributed by atoms with Gasteiger partial charge in [-0.25, -0.2) is 9.98 Å². The van der Waals surface area contributed by atoms with E-state index in [-0.39, 0.29) is 12.1 Å². The molecule has 1 aliphatic heterocycles. The van der Waals surface area contributed by atoms with E-state index >= 15 is 0 Å². The molecule has 3 nitrogen and oxygen atoms in total. The van der Waals surface area contributed by atoms with Gasteiger partial charge in [-0.3, -0.25) is 0 Å². The Morgan fingerprint density at radius 2 is 1.58 bits per heavy atom. The highest BCUT2D eigenvalue weighted by atomic mass is 16.5. The molecule has 0 bridgehead atoms. The van der Waals surface area contributed by atoms with Crippen molar-refractivity contribution in [1.82, 2.24) is 4.98 Å². The zero-order chi connectivity index (χ0) is 15.9. The van der Waals surface area contributed by atoms with Gasteiger partial charge in [-0.1, -0.05) is 60.7 Å². The van der Waals surface area contributed by atoms with E-state index in [1.54, 1.807) is 0 Å². The molecule has 2 aromatic carbocycles. The molecule has 2 aliphatic rings. The molecule has 0 radical (unpaired) electrons. The standard InChI is InChI=1S/C21H16N2O/c1-2-7-14(8-3-1)17-11-6-12-18(22-17)21-23-20-16-10-5-4-9-15(16)13-19(20)24-21/h1-12,19-20H,13H2/t19-,20+/m1/s1. The zero-order valence-electron chi connectivity index (χ0n) is 13.1. The van der Waals surface area contributed by atoms with Crippen molar-refractivity contribution in [2.24, 2.45) is 4.99 Å². The lowest BCUT2D eigenvalue weighted by atomic mass is 10.1. The Morgan fingerprint density at radius 1 is 0.792 bits per heavy atom. The zero-order valence-corrected chi connectivity index (χ0v) is 13.1. The number of hydrogen-bond acceptors (Lipinski definition) is 3. The Balaban J connectivity index is 1.51. The lowest BCUT2D eigenvalue weighted by Crippen LogP contribution is -2.14. The Bertz CT molecular complexity index is 933. The van der Waals surface area contributed by atoms with Crippen LogP contribution in [-0.2, 0) is 11.2 Å². The van der Waals surface area contributed by atoms with Crippen LogP contribution in [0.2, 0.25) is 0 Å². The number of ether oxygens (including phenoxy) is 1. The quantitative estimate of drug-likeness (QED) is 0.711. The van der Waals surface area contributed by atoms with Gasteiger partial charge in [0, 0.05) is 12.0 Å². The van der Waals surface area contributed by atoms with Gasteiger partial charge in [-0.2, -0.15) is 0 Å². The van der Waals surface area contributed by atoms with Crippen molar-refractivity contribution in [3.05, 3.63) is 89.6 Å². The number of benzene rings is 2. The maximum absolute atomic E-state index is 6.13. The number of nitrogens with zero attached hydrogens (tertiary/aromatic N) is 2. The van der Waals surface area contributed by atoms with E-state index < -0.39 is 0 Å². The summed E-state index contributed by atoms with van der Waals surface area (Å²) in [7, 11) is 0. The summed E-state index contributed by atoms with van der Waals surface area (Å²) in [4.78, 5) is 9.58. The molecule has 0 N–H and O–H groups in total. The van der Waals surface area contributed by atoms with Gasteiger partial charge in [-0.15, -0.1) is 0 Å². The Kier molecular flexibility index (Phi) is 2.98. The summed E-state index contributed by atoms with van der Waals surface area (Å²) in [5, 5.41) is 0. The summed E-state index contributed by atoms with van der Waals surface area (Å²) in [6.07, 6.45) is 1.03. The van der Waals surface area contributed by atoms with Crippen LogP contribution in [0.5, 0.6) is 0 Å². The van der Waals surface area contributed by atoms with Crippen LogP contribution in [0.3, 0.4) is 0 Å². The Labute approximate surface area is 140 Å². The molecule has 5 rings (SSSR count). The van der Waals surface area contributed by atoms with Gasteiger partial charge in [0.25, 0.3) is 0 Å². The highest BCUT2D eigenvalue weighted by molar-refractivity contribution is 5.94. The fourth-order valence-electron chi connectivity index (χ4n) is 3.55. The van der Waals surface area contributed by atoms with Crippen molar-refractivity contribution in [2.45, 2.75) is 18.6 Å². The van der Waals surface area contributed by atoms with Gasteiger partial charge < -0.3 is 4.74 Å². The van der Waals surface area contributed by atoms with E-state index in [1.165, 1.54) is 11.1 Å². The monoisotopic (exact) mass is 312 g/mol. The predicted molar refractivity (Wildman–Crippen MR) is 94.0 cm³/mol. The minimum absolute atomic E-state index is 0.110. The number of rotatable bonds is 2. The maximum Gasteiger partial charge on any atom is 0.236 e. The molecule has 1 aromatic heterocycles. The first-order chi connectivity index (χ1) is 11.9. The third-order valence-corrected chi connectivity index (χ3v) is 4.70. The summed E-state index contributed by atoms with van der Waals surface area (Å²) < 4.78 is 6.13. The molecular formula is C21H16N2O. The molecule has 116 valence electrons. The largest absolute Gasteiger partial charge is 0.470 e. The molecule has 3 heteroatoms. The summed E-state index contributed by atoms with van der Waals surface area (Å²) in [6.45, 7) is 0. The van der Waals surface area contributed by atoms with Crippen molar-refractivity contribution in [1.29, 1.82) is 0 Å². The van der Waals surface area contributed by atoms with Crippen LogP contribution < -0.4 is 0 Å². The van der Waals surface area contributed by atoms with Gasteiger partial charge in [0.15, 0.2) is 0 Å². The molecule has 24 heavy (non-hydrogen) atoms. The predicted octanol–water partition coefficient (Wildman–Crippen LogP) is 4.19. The van der Waals surface area contributed by atoms with Crippen LogP contribution in [0.25, 0.3) is 11.3 Å². The topological polar surface area (TPSA) is 34.5 Å². The highest BCUT2D eigenvalue weighted by Crippen LogP contribution is 2.40. The van der Waals surface area contributed by atoms with Gasteiger partial charge >= 0.3 is 0 Å². The maximum atomic E-state index is 6.13. The van der Waals surface area contributed by atoms with Gasteiger partial charge in [0.2, 0.25) is 5.90 Å². The van der Waals surface area contributed by atoms with E-state index in [1.807, 2.05) is 36.4 Å². The Morgan fingerprint density at radius 3 is 2.50 bits per heavy atom. The Hall–Kier alpha value is -2.94. The first kappa shape index (κ1) is 13.5. The van der Waals surface area contributed by atoms with Crippen LogP contribution in [-0.4, -0.2) is 17.0 Å². The molecule has 0 fully saturated rings. The van der Waals surface area contributed by atoms with Crippen molar-refractivity contribution in [3.8, 4) is 11.3 Å². The van der Waals surface area contributed by atoms with Crippen LogP contribution in [0.1, 0.15) is 22.9 Å². The first-order valence-electron chi connectivity index (χ1n) is 8.23. The molecule has 2 atom stereocenters. The normalized spacial score (nSPS) is 20.9. The summed E-state index contributed by atoms with van der Waals surface area (Å²) in [5.74, 6) is 0.664. The van der Waals surface area contributed by atoms with E-state index in [0.29, 0.717) is 5.90 Å². The van der Waals surface area contributed by atoms with Gasteiger partial charge in [0.1, 0.15) is 17.8 Å². The summed E-state index contributed by atoms with van der Waals surface area (Å²) in [5.41, 5.74) is 5.49. The second-order valence-electron chi connectivity index (χ2n) is 6.21. The van der Waals surface area contributed by atoms with Crippen molar-refractivity contribution in [2.75, 3.05) is 0 Å². The minimum atomic E-state index is 0.110. The van der Waals surface area contributed by atoms with Gasteiger partial charge in [-0.05, 0) is 23.3 Å². The van der Waals surface area contributed by atoms with Crippen molar-refractivity contribution >= 4 is 5.90 Å². The van der Waals surface area contributed by atoms with E-state index in [2.05, 4.69) is 36.4 Å². The molecule has 0 saturated carbocycles. The third kappa shape index (κ3) is 2.13. The molecule has 0 amide bonds. The molecule has 2 heterocycles. The lowest BCUT2D eigenvalue weighted by molar-refractivity contribution is 0.206. The number of aromatic nitrogens is 1. The third-order valence-electron chi connectivity index (χ3n) is 4.70. The first-order valence-corrected chi connectivity index (χ1v) is 8.23. The molecule has 0 saturated heterocycles. The molecule has 0 unspecified atom stereocenters. The minimum Gasteiger partial charge on any atom is -0.470 e. The molecule has 1 aliphatic carbocycles. The van der Waals surface area contributed by atoms with Crippen molar-refractivity contribution in [3.63, 3.8) is 0 Å². The SMILES string of the molecule is c1ccc(-c2cccc(C3=N[C@H]4c5ccccc5C[C@H]4O3)n2)cc1. The molecule has 3 aromatic rings. The fraction of sp³-hybridized carbons (Fsp3) is 0.143. The van der Waals surface area contributed by atoms with Gasteiger partial charge in [0.05, 0.1) is 5.69 Å². The fourth-order valence-corrected chi connectivity index (χ4v) is 3.55. The highest BCUT2D eigenvalue weighted by Gasteiger charge is 2.39. The van der Waals surface area contributed by atoms with E-state index in [0.717, 1.165) is 23.4 Å². The van der Waals surface area contributed by atoms with E-state index in [4.69, 9.17) is 14.7 Å². The second kappa shape index (κ2) is 5.31. The smallest absolute Gasteiger partial charge is 0.236 e. The average Bonchev–Trinajstić information content (AvgIpc) is 3.21. The lowest BCUT2D eigenvalue weighted by Gasteiger charge is -2.09. The van der Waals surface area contributed by atoms with Crippen LogP contribution in [0.4, 0.5) is 0 Å². The summed E-state index contributed by atoms with van der Waals surface area (Å²) >= 11 is 0.